The van der Waals surface area contributed by atoms with Crippen LogP contribution in [0, 0.1) is 5.92 Å². The first-order chi connectivity index (χ1) is 10.1. The molecule has 0 aliphatic carbocycles. The van der Waals surface area contributed by atoms with E-state index < -0.39 is 0 Å². The minimum absolute atomic E-state index is 0.194. The number of aliphatic hydroxyl groups excluding tert-OH is 1. The number of hydrogen-bond donors (Lipinski definition) is 3. The summed E-state index contributed by atoms with van der Waals surface area (Å²) < 4.78 is 5.20. The Morgan fingerprint density at radius 2 is 1.95 bits per heavy atom. The van der Waals surface area contributed by atoms with E-state index in [4.69, 9.17) is 4.52 Å². The van der Waals surface area contributed by atoms with Gasteiger partial charge in [-0.1, -0.05) is 32.9 Å². The largest absolute Gasteiger partial charge is 0.393 e. The van der Waals surface area contributed by atoms with Gasteiger partial charge >= 0.3 is 6.03 Å². The Hall–Kier alpha value is -1.63. The third kappa shape index (κ3) is 6.01. The molecule has 0 saturated carbocycles. The van der Waals surface area contributed by atoms with Crippen LogP contribution in [0.4, 0.5) is 4.79 Å². The smallest absolute Gasteiger partial charge is 0.315 e. The van der Waals surface area contributed by atoms with Crippen molar-refractivity contribution >= 4 is 6.03 Å². The second-order valence-corrected chi connectivity index (χ2v) is 6.97. The molecule has 1 heterocycles. The highest BCUT2D eigenvalue weighted by atomic mass is 16.5. The fourth-order valence-electron chi connectivity index (χ4n) is 1.96. The van der Waals surface area contributed by atoms with Crippen LogP contribution in [0.2, 0.25) is 0 Å². The highest BCUT2D eigenvalue weighted by Crippen LogP contribution is 2.20. The number of urea groups is 1. The van der Waals surface area contributed by atoms with Crippen molar-refractivity contribution < 1.29 is 14.4 Å². The standard InChI is InChI=1S/C15H28N4O3/c1-9(7-10(2)20)8-16-14(21)17-11(3)12-18-13(19-22-12)15(4,5)6/h9-11,20H,7-8H2,1-6H3,(H2,16,17,21). The molecule has 0 spiro atoms. The molecule has 0 aromatic carbocycles. The van der Waals surface area contributed by atoms with E-state index in [0.29, 0.717) is 24.7 Å². The first kappa shape index (κ1) is 18.4. The molecule has 1 rings (SSSR count). The Labute approximate surface area is 131 Å². The lowest BCUT2D eigenvalue weighted by Gasteiger charge is -2.16. The van der Waals surface area contributed by atoms with Crippen molar-refractivity contribution in [1.82, 2.24) is 20.8 Å². The van der Waals surface area contributed by atoms with E-state index in [1.165, 1.54) is 0 Å². The van der Waals surface area contributed by atoms with Crippen molar-refractivity contribution in [3.05, 3.63) is 11.7 Å². The zero-order chi connectivity index (χ0) is 16.9. The Bertz CT molecular complexity index is 479. The van der Waals surface area contributed by atoms with Gasteiger partial charge in [-0.25, -0.2) is 4.79 Å². The van der Waals surface area contributed by atoms with Gasteiger partial charge in [0, 0.05) is 12.0 Å². The molecule has 3 N–H and O–H groups in total. The third-order valence-electron chi connectivity index (χ3n) is 3.19. The molecular formula is C15H28N4O3. The molecule has 1 aromatic rings. The predicted octanol–water partition coefficient (Wildman–Crippen LogP) is 2.13. The number of aromatic nitrogens is 2. The molecule has 0 aliphatic heterocycles. The highest BCUT2D eigenvalue weighted by Gasteiger charge is 2.23. The maximum absolute atomic E-state index is 11.8. The molecule has 3 unspecified atom stereocenters. The zero-order valence-corrected chi connectivity index (χ0v) is 14.3. The van der Waals surface area contributed by atoms with Gasteiger partial charge in [-0.3, -0.25) is 0 Å². The van der Waals surface area contributed by atoms with Crippen molar-refractivity contribution in [1.29, 1.82) is 0 Å². The van der Waals surface area contributed by atoms with Gasteiger partial charge in [0.05, 0.1) is 6.10 Å². The Morgan fingerprint density at radius 3 is 2.45 bits per heavy atom. The normalized spacial score (nSPS) is 16.0. The van der Waals surface area contributed by atoms with Crippen LogP contribution in [0.3, 0.4) is 0 Å². The van der Waals surface area contributed by atoms with Crippen LogP contribution in [-0.2, 0) is 5.41 Å². The Balaban J connectivity index is 2.46. The van der Waals surface area contributed by atoms with Gasteiger partial charge < -0.3 is 20.3 Å². The average molecular weight is 312 g/mol. The summed E-state index contributed by atoms with van der Waals surface area (Å²) in [5.74, 6) is 1.20. The predicted molar refractivity (Wildman–Crippen MR) is 83.4 cm³/mol. The van der Waals surface area contributed by atoms with E-state index in [-0.39, 0.29) is 29.5 Å². The number of carbonyl (C=O) groups excluding carboxylic acids is 1. The number of nitrogens with one attached hydrogen (secondary N) is 2. The quantitative estimate of drug-likeness (QED) is 0.747. The van der Waals surface area contributed by atoms with Gasteiger partial charge in [-0.2, -0.15) is 4.98 Å². The number of aliphatic hydroxyl groups is 1. The number of nitrogens with zero attached hydrogens (tertiary/aromatic N) is 2. The van der Waals surface area contributed by atoms with Crippen molar-refractivity contribution in [2.75, 3.05) is 6.54 Å². The van der Waals surface area contributed by atoms with E-state index in [0.717, 1.165) is 0 Å². The second-order valence-electron chi connectivity index (χ2n) is 6.97. The summed E-state index contributed by atoms with van der Waals surface area (Å²) in [6, 6.07) is -0.656. The minimum atomic E-state index is -0.368. The molecule has 0 fully saturated rings. The van der Waals surface area contributed by atoms with Gasteiger partial charge in [-0.15, -0.1) is 0 Å². The van der Waals surface area contributed by atoms with Crippen LogP contribution in [-0.4, -0.2) is 33.9 Å². The van der Waals surface area contributed by atoms with Crippen molar-refractivity contribution in [3.8, 4) is 0 Å². The van der Waals surface area contributed by atoms with Crippen molar-refractivity contribution in [2.45, 2.75) is 65.5 Å². The van der Waals surface area contributed by atoms with Crippen LogP contribution in [0.5, 0.6) is 0 Å². The summed E-state index contributed by atoms with van der Waals surface area (Å²) in [5, 5.41) is 18.8. The first-order valence-corrected chi connectivity index (χ1v) is 7.66. The van der Waals surface area contributed by atoms with Gasteiger partial charge in [0.25, 0.3) is 0 Å². The molecule has 3 atom stereocenters. The molecule has 0 saturated heterocycles. The second kappa shape index (κ2) is 7.58. The number of rotatable bonds is 6. The molecule has 1 aromatic heterocycles. The van der Waals surface area contributed by atoms with Gasteiger partial charge in [0.2, 0.25) is 5.89 Å². The number of hydrogen-bond acceptors (Lipinski definition) is 5. The molecule has 2 amide bonds. The summed E-state index contributed by atoms with van der Waals surface area (Å²) in [6.45, 7) is 12.0. The Kier molecular flexibility index (Phi) is 6.34. The molecule has 0 bridgehead atoms. The van der Waals surface area contributed by atoms with E-state index in [1.54, 1.807) is 13.8 Å². The molecule has 7 heteroatoms. The minimum Gasteiger partial charge on any atom is -0.393 e. The molecule has 0 aliphatic rings. The lowest BCUT2D eigenvalue weighted by Crippen LogP contribution is -2.39. The maximum Gasteiger partial charge on any atom is 0.315 e. The van der Waals surface area contributed by atoms with Gasteiger partial charge in [-0.05, 0) is 26.2 Å². The summed E-state index contributed by atoms with van der Waals surface area (Å²) in [5.41, 5.74) is -0.194. The average Bonchev–Trinajstić information content (AvgIpc) is 2.85. The number of carbonyl (C=O) groups is 1. The summed E-state index contributed by atoms with van der Waals surface area (Å²) in [6.07, 6.45) is 0.280. The highest BCUT2D eigenvalue weighted by molar-refractivity contribution is 5.74. The van der Waals surface area contributed by atoms with Crippen LogP contribution in [0.1, 0.15) is 65.7 Å². The van der Waals surface area contributed by atoms with Gasteiger partial charge in [0.1, 0.15) is 6.04 Å². The molecular weight excluding hydrogens is 284 g/mol. The van der Waals surface area contributed by atoms with E-state index in [9.17, 15) is 9.90 Å². The van der Waals surface area contributed by atoms with Crippen LogP contribution in [0.15, 0.2) is 4.52 Å². The van der Waals surface area contributed by atoms with E-state index in [2.05, 4.69) is 20.8 Å². The molecule has 0 radical (unpaired) electrons. The summed E-state index contributed by atoms with van der Waals surface area (Å²) >= 11 is 0. The maximum atomic E-state index is 11.8. The zero-order valence-electron chi connectivity index (χ0n) is 14.3. The van der Waals surface area contributed by atoms with Gasteiger partial charge in [0.15, 0.2) is 5.82 Å². The molecule has 22 heavy (non-hydrogen) atoms. The van der Waals surface area contributed by atoms with Crippen molar-refractivity contribution in [2.24, 2.45) is 5.92 Å². The fourth-order valence-corrected chi connectivity index (χ4v) is 1.96. The summed E-state index contributed by atoms with van der Waals surface area (Å²) in [7, 11) is 0. The molecule has 7 nitrogen and oxygen atoms in total. The lowest BCUT2D eigenvalue weighted by molar-refractivity contribution is 0.163. The van der Waals surface area contributed by atoms with Crippen LogP contribution < -0.4 is 10.6 Å². The van der Waals surface area contributed by atoms with E-state index in [1.807, 2.05) is 27.7 Å². The first-order valence-electron chi connectivity index (χ1n) is 7.66. The Morgan fingerprint density at radius 1 is 1.32 bits per heavy atom. The fraction of sp³-hybridized carbons (Fsp3) is 0.800. The molecule has 126 valence electrons. The van der Waals surface area contributed by atoms with Crippen LogP contribution >= 0.6 is 0 Å². The van der Waals surface area contributed by atoms with E-state index >= 15 is 0 Å². The number of amides is 2. The SMILES string of the molecule is CC(O)CC(C)CNC(=O)NC(C)c1nc(C(C)(C)C)no1. The topological polar surface area (TPSA) is 100 Å². The summed E-state index contributed by atoms with van der Waals surface area (Å²) in [4.78, 5) is 16.2. The monoisotopic (exact) mass is 312 g/mol. The van der Waals surface area contributed by atoms with Crippen LogP contribution in [0.25, 0.3) is 0 Å². The third-order valence-corrected chi connectivity index (χ3v) is 3.19. The lowest BCUT2D eigenvalue weighted by atomic mass is 9.96. The van der Waals surface area contributed by atoms with Crippen molar-refractivity contribution in [3.63, 3.8) is 0 Å².